The minimum absolute atomic E-state index is 0.00283. The van der Waals surface area contributed by atoms with Gasteiger partial charge in [0.2, 0.25) is 0 Å². The molecule has 26 heavy (non-hydrogen) atoms. The summed E-state index contributed by atoms with van der Waals surface area (Å²) in [7, 11) is 3.06. The van der Waals surface area contributed by atoms with E-state index >= 15 is 0 Å². The molecule has 0 radical (unpaired) electrons. The normalized spacial score (nSPS) is 14.8. The van der Waals surface area contributed by atoms with Crippen LogP contribution in [0.2, 0.25) is 0 Å². The van der Waals surface area contributed by atoms with Crippen molar-refractivity contribution in [3.05, 3.63) is 23.8 Å². The van der Waals surface area contributed by atoms with E-state index in [1.807, 2.05) is 4.90 Å². The Labute approximate surface area is 155 Å². The van der Waals surface area contributed by atoms with Crippen molar-refractivity contribution in [2.24, 2.45) is 5.92 Å². The minimum atomic E-state index is -0.229. The van der Waals surface area contributed by atoms with Gasteiger partial charge < -0.3 is 25.0 Å². The molecular formula is C19H29N3O4. The Morgan fingerprint density at radius 1 is 1.23 bits per heavy atom. The third-order valence-electron chi connectivity index (χ3n) is 4.63. The number of likely N-dealkylation sites (tertiary alicyclic amines) is 1. The molecule has 0 saturated carbocycles. The highest BCUT2D eigenvalue weighted by atomic mass is 16.5. The molecule has 1 aromatic rings. The number of amides is 2. The lowest BCUT2D eigenvalue weighted by atomic mass is 9.96. The van der Waals surface area contributed by atoms with Crippen molar-refractivity contribution >= 4 is 11.8 Å². The third-order valence-corrected chi connectivity index (χ3v) is 4.63. The predicted octanol–water partition coefficient (Wildman–Crippen LogP) is 1.28. The van der Waals surface area contributed by atoms with Gasteiger partial charge in [-0.2, -0.15) is 0 Å². The zero-order valence-electron chi connectivity index (χ0n) is 15.8. The number of carbonyl (C=O) groups is 2. The number of hydrogen-bond donors (Lipinski definition) is 2. The third kappa shape index (κ3) is 5.36. The number of rotatable bonds is 8. The average Bonchev–Trinajstić information content (AvgIpc) is 2.70. The summed E-state index contributed by atoms with van der Waals surface area (Å²) >= 11 is 0. The number of nitrogens with zero attached hydrogens (tertiary/aromatic N) is 1. The number of piperidine rings is 1. The lowest BCUT2D eigenvalue weighted by molar-refractivity contribution is -0.122. The first-order chi connectivity index (χ1) is 12.6. The number of ether oxygens (including phenoxy) is 2. The summed E-state index contributed by atoms with van der Waals surface area (Å²) < 4.78 is 10.8. The van der Waals surface area contributed by atoms with Gasteiger partial charge in [0.05, 0.1) is 7.11 Å². The first-order valence-electron chi connectivity index (χ1n) is 9.10. The van der Waals surface area contributed by atoms with E-state index in [4.69, 9.17) is 9.47 Å². The van der Waals surface area contributed by atoms with Gasteiger partial charge in [-0.05, 0) is 50.0 Å². The van der Waals surface area contributed by atoms with Crippen LogP contribution in [-0.4, -0.2) is 63.7 Å². The lowest BCUT2D eigenvalue weighted by Gasteiger charge is -2.32. The highest BCUT2D eigenvalue weighted by Crippen LogP contribution is 2.29. The molecule has 0 aromatic heterocycles. The minimum Gasteiger partial charge on any atom is -0.493 e. The van der Waals surface area contributed by atoms with Crippen LogP contribution < -0.4 is 20.1 Å². The summed E-state index contributed by atoms with van der Waals surface area (Å²) in [5.74, 6) is 1.29. The Balaban J connectivity index is 1.97. The molecule has 0 bridgehead atoms. The molecule has 1 aromatic carbocycles. The van der Waals surface area contributed by atoms with Gasteiger partial charge in [0, 0.05) is 25.7 Å². The van der Waals surface area contributed by atoms with Gasteiger partial charge in [0.15, 0.2) is 18.1 Å². The zero-order chi connectivity index (χ0) is 18.9. The van der Waals surface area contributed by atoms with E-state index < -0.39 is 0 Å². The molecular weight excluding hydrogens is 334 g/mol. The maximum atomic E-state index is 12.8. The summed E-state index contributed by atoms with van der Waals surface area (Å²) in [6, 6.07) is 5.06. The molecule has 7 nitrogen and oxygen atoms in total. The Bertz CT molecular complexity index is 613. The van der Waals surface area contributed by atoms with Crippen LogP contribution >= 0.6 is 0 Å². The van der Waals surface area contributed by atoms with Crippen LogP contribution in [0.3, 0.4) is 0 Å². The maximum Gasteiger partial charge on any atom is 0.257 e. The van der Waals surface area contributed by atoms with E-state index in [9.17, 15) is 9.59 Å². The number of hydrogen-bond acceptors (Lipinski definition) is 5. The van der Waals surface area contributed by atoms with E-state index in [-0.39, 0.29) is 18.4 Å². The van der Waals surface area contributed by atoms with E-state index in [0.717, 1.165) is 39.0 Å². The zero-order valence-corrected chi connectivity index (χ0v) is 15.8. The van der Waals surface area contributed by atoms with E-state index in [1.165, 1.54) is 7.11 Å². The average molecular weight is 363 g/mol. The fourth-order valence-corrected chi connectivity index (χ4v) is 3.01. The Morgan fingerprint density at radius 2 is 1.96 bits per heavy atom. The van der Waals surface area contributed by atoms with E-state index in [0.29, 0.717) is 23.0 Å². The fourth-order valence-electron chi connectivity index (χ4n) is 3.01. The first kappa shape index (κ1) is 20.0. The van der Waals surface area contributed by atoms with Crippen molar-refractivity contribution in [2.75, 3.05) is 46.9 Å². The van der Waals surface area contributed by atoms with Crippen LogP contribution in [0, 0.1) is 5.92 Å². The summed E-state index contributed by atoms with van der Waals surface area (Å²) in [5, 5.41) is 5.87. The topological polar surface area (TPSA) is 79.9 Å². The molecule has 7 heteroatoms. The molecule has 1 fully saturated rings. The van der Waals surface area contributed by atoms with Crippen LogP contribution in [0.1, 0.15) is 30.1 Å². The molecule has 0 atom stereocenters. The SMILES string of the molecule is CCNCC1CCN(C(=O)c2ccc(OCC(=O)NC)c(OC)c2)CC1. The standard InChI is InChI=1S/C19H29N3O4/c1-4-21-12-14-7-9-22(10-8-14)19(24)15-5-6-16(17(11-15)25-3)26-13-18(23)20-2/h5-6,11,14,21H,4,7-10,12-13H2,1-3H3,(H,20,23). The molecule has 1 heterocycles. The van der Waals surface area contributed by atoms with Crippen LogP contribution in [0.4, 0.5) is 0 Å². The van der Waals surface area contributed by atoms with Gasteiger partial charge >= 0.3 is 0 Å². The molecule has 0 aliphatic carbocycles. The van der Waals surface area contributed by atoms with Crippen LogP contribution in [0.25, 0.3) is 0 Å². The van der Waals surface area contributed by atoms with Gasteiger partial charge in [-0.3, -0.25) is 9.59 Å². The van der Waals surface area contributed by atoms with Crippen molar-refractivity contribution in [3.8, 4) is 11.5 Å². The Morgan fingerprint density at radius 3 is 2.58 bits per heavy atom. The van der Waals surface area contributed by atoms with Crippen LogP contribution in [0.5, 0.6) is 11.5 Å². The van der Waals surface area contributed by atoms with Crippen molar-refractivity contribution in [1.29, 1.82) is 0 Å². The number of nitrogens with one attached hydrogen (secondary N) is 2. The number of likely N-dealkylation sites (N-methyl/N-ethyl adjacent to an activating group) is 1. The van der Waals surface area contributed by atoms with Crippen molar-refractivity contribution in [3.63, 3.8) is 0 Å². The number of benzene rings is 1. The Hall–Kier alpha value is -2.28. The van der Waals surface area contributed by atoms with Gasteiger partial charge in [-0.1, -0.05) is 6.92 Å². The van der Waals surface area contributed by atoms with Crippen molar-refractivity contribution < 1.29 is 19.1 Å². The van der Waals surface area contributed by atoms with Crippen molar-refractivity contribution in [2.45, 2.75) is 19.8 Å². The molecule has 1 saturated heterocycles. The first-order valence-corrected chi connectivity index (χ1v) is 9.10. The summed E-state index contributed by atoms with van der Waals surface area (Å²) in [5.41, 5.74) is 0.569. The summed E-state index contributed by atoms with van der Waals surface area (Å²) in [6.45, 7) is 5.54. The number of carbonyl (C=O) groups excluding carboxylic acids is 2. The molecule has 2 amide bonds. The largest absolute Gasteiger partial charge is 0.493 e. The second-order valence-electron chi connectivity index (χ2n) is 6.37. The van der Waals surface area contributed by atoms with Gasteiger partial charge in [-0.25, -0.2) is 0 Å². The van der Waals surface area contributed by atoms with Gasteiger partial charge in [0.25, 0.3) is 11.8 Å². The highest BCUT2D eigenvalue weighted by Gasteiger charge is 2.24. The molecule has 144 valence electrons. The Kier molecular flexibility index (Phi) is 7.72. The molecule has 2 N–H and O–H groups in total. The molecule has 1 aliphatic heterocycles. The summed E-state index contributed by atoms with van der Waals surface area (Å²) in [4.78, 5) is 26.0. The predicted molar refractivity (Wildman–Crippen MR) is 99.7 cm³/mol. The quantitative estimate of drug-likeness (QED) is 0.727. The van der Waals surface area contributed by atoms with Crippen LogP contribution in [0.15, 0.2) is 18.2 Å². The number of methoxy groups -OCH3 is 1. The second-order valence-corrected chi connectivity index (χ2v) is 6.37. The lowest BCUT2D eigenvalue weighted by Crippen LogP contribution is -2.40. The summed E-state index contributed by atoms with van der Waals surface area (Å²) in [6.07, 6.45) is 2.03. The fraction of sp³-hybridized carbons (Fsp3) is 0.579. The highest BCUT2D eigenvalue weighted by molar-refractivity contribution is 5.95. The smallest absolute Gasteiger partial charge is 0.257 e. The molecule has 0 unspecified atom stereocenters. The van der Waals surface area contributed by atoms with Gasteiger partial charge in [-0.15, -0.1) is 0 Å². The monoisotopic (exact) mass is 363 g/mol. The van der Waals surface area contributed by atoms with E-state index in [1.54, 1.807) is 25.2 Å². The molecule has 2 rings (SSSR count). The van der Waals surface area contributed by atoms with Gasteiger partial charge in [0.1, 0.15) is 0 Å². The molecule has 1 aliphatic rings. The second kappa shape index (κ2) is 10.0. The van der Waals surface area contributed by atoms with E-state index in [2.05, 4.69) is 17.6 Å². The van der Waals surface area contributed by atoms with Crippen molar-refractivity contribution in [1.82, 2.24) is 15.5 Å². The van der Waals surface area contributed by atoms with Crippen LogP contribution in [-0.2, 0) is 4.79 Å². The maximum absolute atomic E-state index is 12.8. The molecule has 0 spiro atoms.